The molecule has 2 rings (SSSR count). The zero-order chi connectivity index (χ0) is 18.1. The van der Waals surface area contributed by atoms with Crippen LogP contribution in [-0.2, 0) is 0 Å². The first-order valence-corrected chi connectivity index (χ1v) is 9.33. The van der Waals surface area contributed by atoms with Gasteiger partial charge >= 0.3 is 6.03 Å². The molecule has 2 amide bonds. The molecule has 0 aliphatic carbocycles. The Morgan fingerprint density at radius 3 is 2.60 bits per heavy atom. The average Bonchev–Trinajstić information content (AvgIpc) is 2.61. The number of rotatable bonds is 8. The number of ether oxygens (including phenoxy) is 1. The predicted octanol–water partition coefficient (Wildman–Crippen LogP) is 2.48. The van der Waals surface area contributed by atoms with Gasteiger partial charge in [-0.3, -0.25) is 0 Å². The Kier molecular flexibility index (Phi) is 8.01. The molecule has 1 aromatic carbocycles. The second-order valence-electron chi connectivity index (χ2n) is 6.64. The number of hydrogen-bond donors (Lipinski definition) is 2. The van der Waals surface area contributed by atoms with Crippen LogP contribution in [0.4, 0.5) is 10.5 Å². The van der Waals surface area contributed by atoms with Crippen molar-refractivity contribution in [1.29, 1.82) is 0 Å². The first-order valence-electron chi connectivity index (χ1n) is 9.33. The van der Waals surface area contributed by atoms with E-state index in [9.17, 15) is 4.79 Å². The first kappa shape index (κ1) is 19.5. The summed E-state index contributed by atoms with van der Waals surface area (Å²) in [6.45, 7) is 14.3. The molecule has 0 aromatic heterocycles. The molecule has 0 spiro atoms. The van der Waals surface area contributed by atoms with E-state index in [-0.39, 0.29) is 6.03 Å². The van der Waals surface area contributed by atoms with E-state index in [1.807, 2.05) is 31.2 Å². The molecule has 1 heterocycles. The third-order valence-electron chi connectivity index (χ3n) is 4.50. The van der Waals surface area contributed by atoms with Crippen LogP contribution in [-0.4, -0.2) is 68.3 Å². The number of anilines is 1. The minimum atomic E-state index is -0.170. The minimum absolute atomic E-state index is 0.170. The summed E-state index contributed by atoms with van der Waals surface area (Å²) in [6, 6.07) is 7.28. The number of amides is 2. The topological polar surface area (TPSA) is 56.8 Å². The maximum absolute atomic E-state index is 12.1. The van der Waals surface area contributed by atoms with Crippen LogP contribution in [0.25, 0.3) is 0 Å². The second-order valence-corrected chi connectivity index (χ2v) is 6.64. The number of hydrogen-bond acceptors (Lipinski definition) is 4. The lowest BCUT2D eigenvalue weighted by Gasteiger charge is -2.35. The number of nitrogens with zero attached hydrogens (tertiary/aromatic N) is 2. The van der Waals surface area contributed by atoms with Crippen LogP contribution in [0.15, 0.2) is 24.3 Å². The summed E-state index contributed by atoms with van der Waals surface area (Å²) in [6.07, 6.45) is 0. The van der Waals surface area contributed by atoms with Gasteiger partial charge in [0.2, 0.25) is 0 Å². The quantitative estimate of drug-likeness (QED) is 0.758. The number of nitrogens with one attached hydrogen (secondary N) is 2. The molecule has 1 saturated heterocycles. The summed E-state index contributed by atoms with van der Waals surface area (Å²) in [5, 5.41) is 5.83. The van der Waals surface area contributed by atoms with Crippen LogP contribution in [0.5, 0.6) is 5.75 Å². The van der Waals surface area contributed by atoms with Crippen molar-refractivity contribution in [2.24, 2.45) is 5.92 Å². The molecule has 140 valence electrons. The highest BCUT2D eigenvalue weighted by atomic mass is 16.5. The van der Waals surface area contributed by atoms with Crippen LogP contribution < -0.4 is 15.4 Å². The SMILES string of the molecule is CCOc1cccc(NC(=O)NC[C@H](C)CN2CCN(CC)CC2)c1. The van der Waals surface area contributed by atoms with Crippen molar-refractivity contribution in [3.05, 3.63) is 24.3 Å². The van der Waals surface area contributed by atoms with Gasteiger partial charge in [-0.15, -0.1) is 0 Å². The molecule has 2 N–H and O–H groups in total. The Balaban J connectivity index is 1.68. The third kappa shape index (κ3) is 6.92. The molecule has 1 aromatic rings. The van der Waals surface area contributed by atoms with Crippen molar-refractivity contribution in [2.45, 2.75) is 20.8 Å². The zero-order valence-electron chi connectivity index (χ0n) is 15.8. The summed E-state index contributed by atoms with van der Waals surface area (Å²) < 4.78 is 5.45. The van der Waals surface area contributed by atoms with Gasteiger partial charge in [-0.1, -0.05) is 19.9 Å². The molecule has 0 unspecified atom stereocenters. The van der Waals surface area contributed by atoms with Gasteiger partial charge in [0.1, 0.15) is 5.75 Å². The molecule has 0 bridgehead atoms. The van der Waals surface area contributed by atoms with E-state index in [2.05, 4.69) is 34.3 Å². The second kappa shape index (κ2) is 10.3. The van der Waals surface area contributed by atoms with Crippen molar-refractivity contribution in [3.8, 4) is 5.75 Å². The third-order valence-corrected chi connectivity index (χ3v) is 4.50. The molecule has 1 fully saturated rings. The molecular formula is C19H32N4O2. The van der Waals surface area contributed by atoms with E-state index in [1.165, 1.54) is 0 Å². The Labute approximate surface area is 151 Å². The maximum Gasteiger partial charge on any atom is 0.319 e. The number of carbonyl (C=O) groups excluding carboxylic acids is 1. The van der Waals surface area contributed by atoms with Gasteiger partial charge in [-0.05, 0) is 31.5 Å². The number of benzene rings is 1. The minimum Gasteiger partial charge on any atom is -0.494 e. The fourth-order valence-corrected chi connectivity index (χ4v) is 3.07. The lowest BCUT2D eigenvalue weighted by molar-refractivity contribution is 0.124. The first-order chi connectivity index (χ1) is 12.1. The standard InChI is InChI=1S/C19H32N4O2/c1-4-22-9-11-23(12-10-22)15-16(3)14-20-19(24)21-17-7-6-8-18(13-17)25-5-2/h6-8,13,16H,4-5,9-12,14-15H2,1-3H3,(H2,20,21,24)/t16-/m0/s1. The van der Waals surface area contributed by atoms with Crippen molar-refractivity contribution in [3.63, 3.8) is 0 Å². The monoisotopic (exact) mass is 348 g/mol. The van der Waals surface area contributed by atoms with Crippen LogP contribution >= 0.6 is 0 Å². The van der Waals surface area contributed by atoms with E-state index in [0.717, 1.165) is 50.7 Å². The summed E-state index contributed by atoms with van der Waals surface area (Å²) in [5.74, 6) is 1.19. The van der Waals surface area contributed by atoms with Gasteiger partial charge in [0.25, 0.3) is 0 Å². The number of urea groups is 1. The molecule has 1 aliphatic rings. The summed E-state index contributed by atoms with van der Waals surface area (Å²) in [4.78, 5) is 17.0. The number of carbonyl (C=O) groups is 1. The van der Waals surface area contributed by atoms with Crippen LogP contribution in [0, 0.1) is 5.92 Å². The zero-order valence-corrected chi connectivity index (χ0v) is 15.8. The van der Waals surface area contributed by atoms with Gasteiger partial charge in [0.15, 0.2) is 0 Å². The largest absolute Gasteiger partial charge is 0.494 e. The summed E-state index contributed by atoms with van der Waals surface area (Å²) >= 11 is 0. The van der Waals surface area contributed by atoms with Crippen LogP contribution in [0.2, 0.25) is 0 Å². The molecule has 1 aliphatic heterocycles. The molecular weight excluding hydrogens is 316 g/mol. The highest BCUT2D eigenvalue weighted by Gasteiger charge is 2.17. The highest BCUT2D eigenvalue weighted by molar-refractivity contribution is 5.89. The number of likely N-dealkylation sites (N-methyl/N-ethyl adjacent to an activating group) is 1. The van der Waals surface area contributed by atoms with Gasteiger partial charge in [0, 0.05) is 51.0 Å². The summed E-state index contributed by atoms with van der Waals surface area (Å²) in [7, 11) is 0. The smallest absolute Gasteiger partial charge is 0.319 e. The molecule has 6 nitrogen and oxygen atoms in total. The molecule has 0 radical (unpaired) electrons. The Morgan fingerprint density at radius 1 is 1.20 bits per heavy atom. The summed E-state index contributed by atoms with van der Waals surface area (Å²) in [5.41, 5.74) is 0.742. The predicted molar refractivity (Wildman–Crippen MR) is 102 cm³/mol. The van der Waals surface area contributed by atoms with Crippen molar-refractivity contribution < 1.29 is 9.53 Å². The fourth-order valence-electron chi connectivity index (χ4n) is 3.07. The van der Waals surface area contributed by atoms with E-state index >= 15 is 0 Å². The Morgan fingerprint density at radius 2 is 1.92 bits per heavy atom. The van der Waals surface area contributed by atoms with Gasteiger partial charge in [-0.25, -0.2) is 4.79 Å². The maximum atomic E-state index is 12.1. The Hall–Kier alpha value is -1.79. The van der Waals surface area contributed by atoms with Crippen LogP contribution in [0.1, 0.15) is 20.8 Å². The lowest BCUT2D eigenvalue weighted by Crippen LogP contribution is -2.48. The van der Waals surface area contributed by atoms with Gasteiger partial charge in [0.05, 0.1) is 6.61 Å². The molecule has 6 heteroatoms. The molecule has 25 heavy (non-hydrogen) atoms. The van der Waals surface area contributed by atoms with Gasteiger partial charge < -0.3 is 25.2 Å². The molecule has 0 saturated carbocycles. The van der Waals surface area contributed by atoms with Crippen molar-refractivity contribution in [2.75, 3.05) is 57.7 Å². The van der Waals surface area contributed by atoms with E-state index in [4.69, 9.17) is 4.74 Å². The lowest BCUT2D eigenvalue weighted by atomic mass is 10.1. The Bertz CT molecular complexity index is 530. The normalized spacial score (nSPS) is 17.1. The van der Waals surface area contributed by atoms with E-state index < -0.39 is 0 Å². The highest BCUT2D eigenvalue weighted by Crippen LogP contribution is 2.17. The van der Waals surface area contributed by atoms with Gasteiger partial charge in [-0.2, -0.15) is 0 Å². The number of piperazine rings is 1. The van der Waals surface area contributed by atoms with Crippen LogP contribution in [0.3, 0.4) is 0 Å². The molecule has 1 atom stereocenters. The van der Waals surface area contributed by atoms with E-state index in [0.29, 0.717) is 19.1 Å². The van der Waals surface area contributed by atoms with Crippen molar-refractivity contribution >= 4 is 11.7 Å². The van der Waals surface area contributed by atoms with Crippen molar-refractivity contribution in [1.82, 2.24) is 15.1 Å². The fraction of sp³-hybridized carbons (Fsp3) is 0.632. The average molecular weight is 348 g/mol. The van der Waals surface area contributed by atoms with E-state index in [1.54, 1.807) is 0 Å².